The van der Waals surface area contributed by atoms with Crippen LogP contribution in [-0.4, -0.2) is 35.6 Å². The van der Waals surface area contributed by atoms with E-state index >= 15 is 0 Å². The minimum absolute atomic E-state index is 0.114. The molecule has 6 heteroatoms. The lowest BCUT2D eigenvalue weighted by atomic mass is 9.82. The molecule has 1 saturated carbocycles. The Kier molecular flexibility index (Phi) is 5.25. The molecule has 1 heterocycles. The Morgan fingerprint density at radius 1 is 1.38 bits per heavy atom. The standard InChI is InChI=1S/C15H22N2O4/c1-17(9-12-6-7-21-10-12)15(20)16-8-11-2-4-13(5-3-11)14(18)19/h6-7,10-11,13H,2-5,8-9H2,1H3,(H,16,20)(H,18,19). The average molecular weight is 294 g/mol. The summed E-state index contributed by atoms with van der Waals surface area (Å²) >= 11 is 0. The Morgan fingerprint density at radius 3 is 2.67 bits per heavy atom. The zero-order chi connectivity index (χ0) is 15.2. The van der Waals surface area contributed by atoms with Gasteiger partial charge in [-0.3, -0.25) is 4.79 Å². The number of carbonyl (C=O) groups excluding carboxylic acids is 1. The van der Waals surface area contributed by atoms with E-state index in [-0.39, 0.29) is 11.9 Å². The summed E-state index contributed by atoms with van der Waals surface area (Å²) in [7, 11) is 1.74. The molecule has 0 aromatic carbocycles. The van der Waals surface area contributed by atoms with Crippen molar-refractivity contribution in [2.45, 2.75) is 32.2 Å². The number of hydrogen-bond acceptors (Lipinski definition) is 3. The largest absolute Gasteiger partial charge is 0.481 e. The molecule has 1 aromatic heterocycles. The number of carboxylic acid groups (broad SMARTS) is 1. The third kappa shape index (κ3) is 4.51. The monoisotopic (exact) mass is 294 g/mol. The van der Waals surface area contributed by atoms with E-state index in [9.17, 15) is 9.59 Å². The molecule has 1 fully saturated rings. The highest BCUT2D eigenvalue weighted by Gasteiger charge is 2.26. The summed E-state index contributed by atoms with van der Waals surface area (Å²) in [5, 5.41) is 11.9. The van der Waals surface area contributed by atoms with Gasteiger partial charge in [0.2, 0.25) is 0 Å². The number of aliphatic carboxylic acids is 1. The normalized spacial score (nSPS) is 21.8. The zero-order valence-electron chi connectivity index (χ0n) is 12.2. The topological polar surface area (TPSA) is 82.8 Å². The van der Waals surface area contributed by atoms with Crippen LogP contribution in [0.3, 0.4) is 0 Å². The first kappa shape index (κ1) is 15.4. The van der Waals surface area contributed by atoms with Crippen molar-refractivity contribution in [2.75, 3.05) is 13.6 Å². The van der Waals surface area contributed by atoms with E-state index in [0.29, 0.717) is 31.8 Å². The Balaban J connectivity index is 1.68. The molecule has 0 aliphatic heterocycles. The molecule has 116 valence electrons. The Hall–Kier alpha value is -1.98. The highest BCUT2D eigenvalue weighted by atomic mass is 16.4. The van der Waals surface area contributed by atoms with Crippen molar-refractivity contribution in [1.29, 1.82) is 0 Å². The van der Waals surface area contributed by atoms with E-state index in [1.54, 1.807) is 24.5 Å². The predicted octanol–water partition coefficient (Wildman–Crippen LogP) is 2.31. The van der Waals surface area contributed by atoms with Crippen molar-refractivity contribution in [1.82, 2.24) is 10.2 Å². The van der Waals surface area contributed by atoms with Gasteiger partial charge in [0, 0.05) is 19.2 Å². The molecule has 6 nitrogen and oxygen atoms in total. The van der Waals surface area contributed by atoms with Gasteiger partial charge in [-0.05, 0) is 37.7 Å². The third-order valence-corrected chi connectivity index (χ3v) is 4.08. The van der Waals surface area contributed by atoms with Crippen molar-refractivity contribution >= 4 is 12.0 Å². The van der Waals surface area contributed by atoms with Gasteiger partial charge >= 0.3 is 12.0 Å². The number of furan rings is 1. The van der Waals surface area contributed by atoms with Crippen LogP contribution in [0, 0.1) is 11.8 Å². The maximum atomic E-state index is 12.0. The lowest BCUT2D eigenvalue weighted by Crippen LogP contribution is -2.40. The van der Waals surface area contributed by atoms with Crippen molar-refractivity contribution in [2.24, 2.45) is 11.8 Å². The molecule has 2 amide bonds. The van der Waals surface area contributed by atoms with Crippen LogP contribution in [0.1, 0.15) is 31.2 Å². The number of amides is 2. The van der Waals surface area contributed by atoms with E-state index < -0.39 is 5.97 Å². The number of urea groups is 1. The molecule has 0 bridgehead atoms. The molecule has 21 heavy (non-hydrogen) atoms. The van der Waals surface area contributed by atoms with Crippen molar-refractivity contribution in [3.8, 4) is 0 Å². The van der Waals surface area contributed by atoms with E-state index in [1.165, 1.54) is 0 Å². The minimum Gasteiger partial charge on any atom is -0.481 e. The molecule has 0 saturated heterocycles. The van der Waals surface area contributed by atoms with E-state index in [2.05, 4.69) is 5.32 Å². The Labute approximate surface area is 124 Å². The summed E-state index contributed by atoms with van der Waals surface area (Å²) in [5.74, 6) is -0.523. The zero-order valence-corrected chi connectivity index (χ0v) is 12.2. The van der Waals surface area contributed by atoms with Gasteiger partial charge in [-0.15, -0.1) is 0 Å². The van der Waals surface area contributed by atoms with Crippen LogP contribution in [0.4, 0.5) is 4.79 Å². The summed E-state index contributed by atoms with van der Waals surface area (Å²) in [6.07, 6.45) is 6.35. The smallest absolute Gasteiger partial charge is 0.317 e. The molecule has 2 N–H and O–H groups in total. The van der Waals surface area contributed by atoms with Crippen molar-refractivity contribution < 1.29 is 19.1 Å². The van der Waals surface area contributed by atoms with Crippen LogP contribution in [0.15, 0.2) is 23.0 Å². The molecule has 2 rings (SSSR count). The number of carboxylic acids is 1. The van der Waals surface area contributed by atoms with Crippen LogP contribution in [0.2, 0.25) is 0 Å². The third-order valence-electron chi connectivity index (χ3n) is 4.08. The first-order chi connectivity index (χ1) is 10.1. The van der Waals surface area contributed by atoms with Gasteiger partial charge in [0.1, 0.15) is 0 Å². The molecular formula is C15H22N2O4. The quantitative estimate of drug-likeness (QED) is 0.873. The SMILES string of the molecule is CN(Cc1ccoc1)C(=O)NCC1CCC(C(=O)O)CC1. The molecular weight excluding hydrogens is 272 g/mol. The van der Waals surface area contributed by atoms with Gasteiger partial charge in [-0.2, -0.15) is 0 Å². The summed E-state index contributed by atoms with van der Waals surface area (Å²) in [6.45, 7) is 1.12. The lowest BCUT2D eigenvalue weighted by molar-refractivity contribution is -0.143. The lowest BCUT2D eigenvalue weighted by Gasteiger charge is -2.27. The first-order valence-corrected chi connectivity index (χ1v) is 7.29. The second-order valence-corrected chi connectivity index (χ2v) is 5.73. The molecule has 0 unspecified atom stereocenters. The van der Waals surface area contributed by atoms with Gasteiger partial charge < -0.3 is 19.7 Å². The Morgan fingerprint density at radius 2 is 2.10 bits per heavy atom. The molecule has 0 spiro atoms. The highest BCUT2D eigenvalue weighted by molar-refractivity contribution is 5.73. The second kappa shape index (κ2) is 7.15. The predicted molar refractivity (Wildman–Crippen MR) is 76.7 cm³/mol. The van der Waals surface area contributed by atoms with E-state index in [4.69, 9.17) is 9.52 Å². The summed E-state index contributed by atoms with van der Waals surface area (Å²) in [5.41, 5.74) is 0.953. The fraction of sp³-hybridized carbons (Fsp3) is 0.600. The van der Waals surface area contributed by atoms with Crippen LogP contribution in [0.25, 0.3) is 0 Å². The molecule has 0 radical (unpaired) electrons. The van der Waals surface area contributed by atoms with Gasteiger partial charge in [0.15, 0.2) is 0 Å². The summed E-state index contributed by atoms with van der Waals surface area (Å²) < 4.78 is 4.97. The number of carbonyl (C=O) groups is 2. The van der Waals surface area contributed by atoms with Crippen molar-refractivity contribution in [3.05, 3.63) is 24.2 Å². The van der Waals surface area contributed by atoms with Gasteiger partial charge in [0.25, 0.3) is 0 Å². The van der Waals surface area contributed by atoms with Crippen LogP contribution < -0.4 is 5.32 Å². The number of nitrogens with one attached hydrogen (secondary N) is 1. The highest BCUT2D eigenvalue weighted by Crippen LogP contribution is 2.28. The van der Waals surface area contributed by atoms with Crippen LogP contribution >= 0.6 is 0 Å². The van der Waals surface area contributed by atoms with Gasteiger partial charge in [-0.25, -0.2) is 4.79 Å². The maximum Gasteiger partial charge on any atom is 0.317 e. The van der Waals surface area contributed by atoms with E-state index in [1.807, 2.05) is 6.07 Å². The summed E-state index contributed by atoms with van der Waals surface area (Å²) in [6, 6.07) is 1.72. The first-order valence-electron chi connectivity index (χ1n) is 7.29. The van der Waals surface area contributed by atoms with Gasteiger partial charge in [-0.1, -0.05) is 0 Å². The number of nitrogens with zero attached hydrogens (tertiary/aromatic N) is 1. The molecule has 1 aliphatic rings. The van der Waals surface area contributed by atoms with Crippen LogP contribution in [-0.2, 0) is 11.3 Å². The maximum absolute atomic E-state index is 12.0. The molecule has 0 atom stereocenters. The summed E-state index contributed by atoms with van der Waals surface area (Å²) in [4.78, 5) is 24.5. The average Bonchev–Trinajstić information content (AvgIpc) is 2.98. The fourth-order valence-corrected chi connectivity index (χ4v) is 2.71. The number of rotatable bonds is 5. The Bertz CT molecular complexity index is 464. The van der Waals surface area contributed by atoms with E-state index in [0.717, 1.165) is 18.4 Å². The number of hydrogen-bond donors (Lipinski definition) is 2. The fourth-order valence-electron chi connectivity index (χ4n) is 2.71. The molecule has 1 aromatic rings. The minimum atomic E-state index is -0.697. The second-order valence-electron chi connectivity index (χ2n) is 5.73. The van der Waals surface area contributed by atoms with Crippen LogP contribution in [0.5, 0.6) is 0 Å². The van der Waals surface area contributed by atoms with Gasteiger partial charge in [0.05, 0.1) is 25.0 Å². The molecule has 1 aliphatic carbocycles. The van der Waals surface area contributed by atoms with Crippen molar-refractivity contribution in [3.63, 3.8) is 0 Å².